The molecule has 0 saturated carbocycles. The largest absolute Gasteiger partial charge is 0.438 e. The molecule has 1 amide bonds. The topological polar surface area (TPSA) is 69.8 Å². The second-order valence-corrected chi connectivity index (χ2v) is 6.86. The van der Waals surface area contributed by atoms with Crippen LogP contribution in [0.3, 0.4) is 0 Å². The number of likely N-dealkylation sites (tertiary alicyclic amines) is 1. The van der Waals surface area contributed by atoms with Crippen LogP contribution in [0.15, 0.2) is 41.3 Å². The van der Waals surface area contributed by atoms with Gasteiger partial charge >= 0.3 is 0 Å². The highest BCUT2D eigenvalue weighted by Crippen LogP contribution is 2.25. The molecule has 6 heteroatoms. The normalized spacial score (nSPS) is 24.6. The summed E-state index contributed by atoms with van der Waals surface area (Å²) in [6.07, 6.45) is 4.67. The van der Waals surface area contributed by atoms with Crippen molar-refractivity contribution in [2.24, 2.45) is 0 Å². The Labute approximate surface area is 147 Å². The van der Waals surface area contributed by atoms with Crippen molar-refractivity contribution in [1.29, 1.82) is 0 Å². The molecule has 1 saturated heterocycles. The Hall–Kier alpha value is -2.18. The summed E-state index contributed by atoms with van der Waals surface area (Å²) in [5.41, 5.74) is 2.75. The molecule has 4 rings (SSSR count). The second kappa shape index (κ2) is 6.98. The lowest BCUT2D eigenvalue weighted by atomic mass is 9.96. The fourth-order valence-electron chi connectivity index (χ4n) is 3.98. The van der Waals surface area contributed by atoms with Gasteiger partial charge in [0.2, 0.25) is 5.76 Å². The minimum atomic E-state index is -0.419. The van der Waals surface area contributed by atoms with Crippen LogP contribution in [-0.2, 0) is 13.0 Å². The molecule has 132 valence electrons. The van der Waals surface area contributed by atoms with E-state index in [1.165, 1.54) is 23.7 Å². The summed E-state index contributed by atoms with van der Waals surface area (Å²) in [4.78, 5) is 20.4. The van der Waals surface area contributed by atoms with Crippen LogP contribution in [0.1, 0.15) is 34.5 Å². The second-order valence-electron chi connectivity index (χ2n) is 6.86. The first-order valence-electron chi connectivity index (χ1n) is 8.89. The monoisotopic (exact) mass is 341 g/mol. The molecule has 1 N–H and O–H groups in total. The molecule has 2 aromatic rings. The van der Waals surface area contributed by atoms with Gasteiger partial charge in [-0.3, -0.25) is 9.69 Å². The molecule has 2 aliphatic heterocycles. The van der Waals surface area contributed by atoms with Crippen LogP contribution in [0.4, 0.5) is 0 Å². The molecule has 0 bridgehead atoms. The number of nitrogens with zero attached hydrogens (tertiary/aromatic N) is 3. The van der Waals surface area contributed by atoms with Crippen LogP contribution in [0.2, 0.25) is 0 Å². The van der Waals surface area contributed by atoms with Gasteiger partial charge in [-0.2, -0.15) is 0 Å². The first-order valence-corrected chi connectivity index (χ1v) is 8.89. The minimum Gasteiger partial charge on any atom is -0.438 e. The summed E-state index contributed by atoms with van der Waals surface area (Å²) in [6, 6.07) is 8.60. The Balaban J connectivity index is 1.44. The third-order valence-electron chi connectivity index (χ3n) is 5.39. The molecule has 25 heavy (non-hydrogen) atoms. The van der Waals surface area contributed by atoms with E-state index in [-0.39, 0.29) is 17.7 Å². The van der Waals surface area contributed by atoms with Crippen LogP contribution in [0.5, 0.6) is 0 Å². The molecule has 0 unspecified atom stereocenters. The van der Waals surface area contributed by atoms with E-state index in [0.717, 1.165) is 25.9 Å². The van der Waals surface area contributed by atoms with Gasteiger partial charge in [0, 0.05) is 32.2 Å². The zero-order chi connectivity index (χ0) is 17.2. The van der Waals surface area contributed by atoms with Crippen LogP contribution in [0, 0.1) is 0 Å². The van der Waals surface area contributed by atoms with E-state index in [2.05, 4.69) is 34.1 Å². The standard InChI is InChI=1S/C19H23N3O3/c23-17-7-10-21(19(24)18-11-20-13-25-18)9-6-16(17)22-8-5-14-3-1-2-4-15(14)12-22/h1-4,11,13,16-17,23H,5-10,12H2/t16-,17-/m0/s1. The first kappa shape index (κ1) is 16.3. The number of aromatic nitrogens is 1. The van der Waals surface area contributed by atoms with Gasteiger partial charge < -0.3 is 14.4 Å². The van der Waals surface area contributed by atoms with Gasteiger partial charge in [-0.15, -0.1) is 0 Å². The number of benzene rings is 1. The Bertz CT molecular complexity index is 731. The number of carbonyl (C=O) groups excluding carboxylic acids is 1. The zero-order valence-corrected chi connectivity index (χ0v) is 14.2. The lowest BCUT2D eigenvalue weighted by Gasteiger charge is -2.37. The van der Waals surface area contributed by atoms with Crippen molar-refractivity contribution in [2.75, 3.05) is 19.6 Å². The van der Waals surface area contributed by atoms with E-state index in [1.54, 1.807) is 4.90 Å². The molecule has 2 atom stereocenters. The number of fused-ring (bicyclic) bond motifs is 1. The van der Waals surface area contributed by atoms with Gasteiger partial charge in [0.25, 0.3) is 5.91 Å². The Kier molecular flexibility index (Phi) is 4.55. The third-order valence-corrected chi connectivity index (χ3v) is 5.39. The van der Waals surface area contributed by atoms with Crippen molar-refractivity contribution in [2.45, 2.75) is 38.0 Å². The third kappa shape index (κ3) is 3.32. The number of amides is 1. The highest BCUT2D eigenvalue weighted by atomic mass is 16.3. The van der Waals surface area contributed by atoms with E-state index in [0.29, 0.717) is 19.5 Å². The maximum Gasteiger partial charge on any atom is 0.291 e. The highest BCUT2D eigenvalue weighted by Gasteiger charge is 2.33. The van der Waals surface area contributed by atoms with Crippen LogP contribution >= 0.6 is 0 Å². The quantitative estimate of drug-likeness (QED) is 0.900. The summed E-state index contributed by atoms with van der Waals surface area (Å²) < 4.78 is 5.12. The molecular formula is C19H23N3O3. The fraction of sp³-hybridized carbons (Fsp3) is 0.474. The van der Waals surface area contributed by atoms with Crippen molar-refractivity contribution >= 4 is 5.91 Å². The maximum atomic E-state index is 12.5. The summed E-state index contributed by atoms with van der Waals surface area (Å²) >= 11 is 0. The van der Waals surface area contributed by atoms with Gasteiger partial charge in [-0.1, -0.05) is 24.3 Å². The van der Waals surface area contributed by atoms with Gasteiger partial charge in [-0.25, -0.2) is 4.98 Å². The van der Waals surface area contributed by atoms with Crippen LogP contribution in [-0.4, -0.2) is 57.6 Å². The van der Waals surface area contributed by atoms with Crippen LogP contribution < -0.4 is 0 Å². The maximum absolute atomic E-state index is 12.5. The van der Waals surface area contributed by atoms with Crippen molar-refractivity contribution in [3.63, 3.8) is 0 Å². The average Bonchev–Trinajstić information content (AvgIpc) is 3.11. The summed E-state index contributed by atoms with van der Waals surface area (Å²) in [6.45, 7) is 2.99. The Morgan fingerprint density at radius 3 is 2.76 bits per heavy atom. The van der Waals surface area contributed by atoms with Crippen molar-refractivity contribution in [1.82, 2.24) is 14.8 Å². The molecule has 0 spiro atoms. The SMILES string of the molecule is O=C(c1cnco1)N1CC[C@H](O)[C@@H](N2CCc3ccccc3C2)CC1. The summed E-state index contributed by atoms with van der Waals surface area (Å²) in [5.74, 6) is 0.120. The number of oxazole rings is 1. The average molecular weight is 341 g/mol. The van der Waals surface area contributed by atoms with Gasteiger partial charge in [-0.05, 0) is 30.4 Å². The summed E-state index contributed by atoms with van der Waals surface area (Å²) in [7, 11) is 0. The molecule has 2 aliphatic rings. The lowest BCUT2D eigenvalue weighted by Crippen LogP contribution is -2.46. The van der Waals surface area contributed by atoms with Crippen molar-refractivity contribution in [3.05, 3.63) is 53.7 Å². The first-order chi connectivity index (χ1) is 12.2. The molecule has 1 aromatic heterocycles. The van der Waals surface area contributed by atoms with Crippen LogP contribution in [0.25, 0.3) is 0 Å². The Morgan fingerprint density at radius 2 is 1.96 bits per heavy atom. The zero-order valence-electron chi connectivity index (χ0n) is 14.2. The number of aliphatic hydroxyl groups excluding tert-OH is 1. The van der Waals surface area contributed by atoms with E-state index >= 15 is 0 Å². The number of aliphatic hydroxyl groups is 1. The molecular weight excluding hydrogens is 318 g/mol. The molecule has 1 fully saturated rings. The molecule has 3 heterocycles. The van der Waals surface area contributed by atoms with Gasteiger partial charge in [0.05, 0.1) is 12.3 Å². The molecule has 1 aromatic carbocycles. The fourth-order valence-corrected chi connectivity index (χ4v) is 3.98. The van der Waals surface area contributed by atoms with Crippen molar-refractivity contribution < 1.29 is 14.3 Å². The number of rotatable bonds is 2. The molecule has 6 nitrogen and oxygen atoms in total. The van der Waals surface area contributed by atoms with E-state index in [1.807, 2.05) is 0 Å². The number of carbonyl (C=O) groups is 1. The van der Waals surface area contributed by atoms with E-state index < -0.39 is 6.10 Å². The summed E-state index contributed by atoms with van der Waals surface area (Å²) in [5, 5.41) is 10.7. The van der Waals surface area contributed by atoms with Gasteiger partial charge in [0.1, 0.15) is 0 Å². The van der Waals surface area contributed by atoms with Crippen molar-refractivity contribution in [3.8, 4) is 0 Å². The predicted octanol–water partition coefficient (Wildman–Crippen LogP) is 1.70. The smallest absolute Gasteiger partial charge is 0.291 e. The van der Waals surface area contributed by atoms with Gasteiger partial charge in [0.15, 0.2) is 6.39 Å². The highest BCUT2D eigenvalue weighted by molar-refractivity contribution is 5.91. The number of hydrogen-bond acceptors (Lipinski definition) is 5. The van der Waals surface area contributed by atoms with E-state index in [4.69, 9.17) is 4.42 Å². The molecule has 0 aliphatic carbocycles. The number of hydrogen-bond donors (Lipinski definition) is 1. The van der Waals surface area contributed by atoms with E-state index in [9.17, 15) is 9.90 Å². The minimum absolute atomic E-state index is 0.0842. The predicted molar refractivity (Wildman–Crippen MR) is 92.0 cm³/mol. The lowest BCUT2D eigenvalue weighted by molar-refractivity contribution is 0.0394. The Morgan fingerprint density at radius 1 is 1.16 bits per heavy atom. The molecule has 0 radical (unpaired) electrons.